The molecule has 1 aromatic heterocycles. The van der Waals surface area contributed by atoms with Gasteiger partial charge in [0, 0.05) is 26.7 Å². The number of rotatable bonds is 8. The normalized spacial score (nSPS) is 14.8. The molecule has 0 unspecified atom stereocenters. The topological polar surface area (TPSA) is 92.5 Å². The number of likely N-dealkylation sites (tertiary alicyclic amines) is 1. The predicted molar refractivity (Wildman–Crippen MR) is 72.2 cm³/mol. The Labute approximate surface area is 117 Å². The summed E-state index contributed by atoms with van der Waals surface area (Å²) in [6, 6.07) is 0.279. The largest absolute Gasteiger partial charge is 0.407 e. The maximum absolute atomic E-state index is 11.8. The Morgan fingerprint density at radius 3 is 2.95 bits per heavy atom. The molecule has 1 aliphatic rings. The van der Waals surface area contributed by atoms with Gasteiger partial charge in [0.15, 0.2) is 0 Å². The van der Waals surface area contributed by atoms with E-state index in [1.165, 1.54) is 0 Å². The van der Waals surface area contributed by atoms with E-state index in [-0.39, 0.29) is 18.5 Å². The minimum atomic E-state index is 0.0699. The lowest BCUT2D eigenvalue weighted by Gasteiger charge is -2.14. The van der Waals surface area contributed by atoms with Gasteiger partial charge >= 0.3 is 6.01 Å². The number of aromatic nitrogens is 2. The second kappa shape index (κ2) is 7.81. The molecule has 1 fully saturated rings. The molecule has 0 atom stereocenters. The highest BCUT2D eigenvalue weighted by atomic mass is 16.5. The Morgan fingerprint density at radius 1 is 1.40 bits per heavy atom. The summed E-state index contributed by atoms with van der Waals surface area (Å²) in [4.78, 5) is 13.7. The van der Waals surface area contributed by atoms with Crippen LogP contribution >= 0.6 is 0 Å². The number of nitrogens with zero attached hydrogens (tertiary/aromatic N) is 3. The van der Waals surface area contributed by atoms with Gasteiger partial charge < -0.3 is 24.7 Å². The Hall–Kier alpha value is -1.67. The van der Waals surface area contributed by atoms with E-state index in [2.05, 4.69) is 20.8 Å². The zero-order valence-corrected chi connectivity index (χ0v) is 11.7. The molecule has 1 saturated heterocycles. The van der Waals surface area contributed by atoms with Crippen molar-refractivity contribution in [1.82, 2.24) is 20.4 Å². The highest BCUT2D eigenvalue weighted by Crippen LogP contribution is 2.09. The molecule has 20 heavy (non-hydrogen) atoms. The maximum Gasteiger partial charge on any atom is 0.315 e. The summed E-state index contributed by atoms with van der Waals surface area (Å²) < 4.78 is 10.3. The number of hydrogen-bond donors (Lipinski definition) is 2. The fourth-order valence-corrected chi connectivity index (χ4v) is 2.00. The van der Waals surface area contributed by atoms with E-state index in [1.807, 2.05) is 4.90 Å². The third-order valence-electron chi connectivity index (χ3n) is 3.08. The average molecular weight is 283 g/mol. The number of nitrogens with one attached hydrogen (secondary N) is 2. The minimum absolute atomic E-state index is 0.0699. The fraction of sp³-hybridized carbons (Fsp3) is 0.750. The average Bonchev–Trinajstić information content (AvgIpc) is 3.12. The van der Waals surface area contributed by atoms with E-state index in [0.29, 0.717) is 19.0 Å². The van der Waals surface area contributed by atoms with Gasteiger partial charge in [-0.25, -0.2) is 0 Å². The Kier molecular flexibility index (Phi) is 5.75. The molecule has 0 radical (unpaired) electrons. The van der Waals surface area contributed by atoms with Crippen LogP contribution in [0.4, 0.5) is 6.01 Å². The molecule has 112 valence electrons. The summed E-state index contributed by atoms with van der Waals surface area (Å²) in [7, 11) is 1.65. The van der Waals surface area contributed by atoms with E-state index in [4.69, 9.17) is 9.15 Å². The van der Waals surface area contributed by atoms with Crippen LogP contribution in [0.3, 0.4) is 0 Å². The maximum atomic E-state index is 11.8. The van der Waals surface area contributed by atoms with Crippen molar-refractivity contribution in [3.05, 3.63) is 5.89 Å². The standard InChI is InChI=1S/C12H21N5O3/c1-19-7-4-13-8-10-15-16-12(20-10)14-9-11(18)17-5-2-3-6-17/h13H,2-9H2,1H3,(H,14,16). The highest BCUT2D eigenvalue weighted by Gasteiger charge is 2.18. The Bertz CT molecular complexity index is 417. The van der Waals surface area contributed by atoms with Gasteiger partial charge in [0.1, 0.15) is 0 Å². The van der Waals surface area contributed by atoms with Crippen molar-refractivity contribution in [2.45, 2.75) is 19.4 Å². The van der Waals surface area contributed by atoms with Gasteiger partial charge in [-0.2, -0.15) is 0 Å². The van der Waals surface area contributed by atoms with Crippen LogP contribution in [0.15, 0.2) is 4.42 Å². The van der Waals surface area contributed by atoms with Crippen molar-refractivity contribution < 1.29 is 13.9 Å². The van der Waals surface area contributed by atoms with Crippen LogP contribution in [0.5, 0.6) is 0 Å². The third kappa shape index (κ3) is 4.46. The smallest absolute Gasteiger partial charge is 0.315 e. The van der Waals surface area contributed by atoms with E-state index < -0.39 is 0 Å². The van der Waals surface area contributed by atoms with Crippen molar-refractivity contribution >= 4 is 11.9 Å². The molecule has 8 heteroatoms. The monoisotopic (exact) mass is 283 g/mol. The van der Waals surface area contributed by atoms with Crippen LogP contribution < -0.4 is 10.6 Å². The number of anilines is 1. The number of methoxy groups -OCH3 is 1. The van der Waals surface area contributed by atoms with Crippen molar-refractivity contribution in [2.24, 2.45) is 0 Å². The van der Waals surface area contributed by atoms with Gasteiger partial charge in [0.2, 0.25) is 11.8 Å². The molecule has 1 amide bonds. The Balaban J connectivity index is 1.68. The van der Waals surface area contributed by atoms with Crippen LogP contribution in [0.2, 0.25) is 0 Å². The van der Waals surface area contributed by atoms with Crippen molar-refractivity contribution in [1.29, 1.82) is 0 Å². The molecule has 2 N–H and O–H groups in total. The van der Waals surface area contributed by atoms with Crippen LogP contribution in [0.25, 0.3) is 0 Å². The molecular weight excluding hydrogens is 262 g/mol. The zero-order chi connectivity index (χ0) is 14.2. The Morgan fingerprint density at radius 2 is 2.20 bits per heavy atom. The number of ether oxygens (including phenoxy) is 1. The molecule has 0 saturated carbocycles. The van der Waals surface area contributed by atoms with Gasteiger partial charge in [-0.05, 0) is 12.8 Å². The van der Waals surface area contributed by atoms with E-state index in [1.54, 1.807) is 7.11 Å². The van der Waals surface area contributed by atoms with Crippen molar-refractivity contribution in [3.63, 3.8) is 0 Å². The first-order valence-electron chi connectivity index (χ1n) is 6.83. The molecule has 1 aromatic rings. The molecule has 8 nitrogen and oxygen atoms in total. The first-order chi connectivity index (χ1) is 9.79. The van der Waals surface area contributed by atoms with Crippen LogP contribution in [-0.2, 0) is 16.1 Å². The van der Waals surface area contributed by atoms with Crippen LogP contribution in [0, 0.1) is 0 Å². The van der Waals surface area contributed by atoms with E-state index in [9.17, 15) is 4.79 Å². The number of carbonyl (C=O) groups excluding carboxylic acids is 1. The van der Waals surface area contributed by atoms with Gasteiger partial charge in [-0.1, -0.05) is 5.10 Å². The summed E-state index contributed by atoms with van der Waals surface area (Å²) in [5.41, 5.74) is 0. The molecule has 0 bridgehead atoms. The number of carbonyl (C=O) groups is 1. The van der Waals surface area contributed by atoms with Gasteiger partial charge in [-0.3, -0.25) is 4.79 Å². The molecule has 0 aromatic carbocycles. The highest BCUT2D eigenvalue weighted by molar-refractivity contribution is 5.80. The van der Waals surface area contributed by atoms with Gasteiger partial charge in [-0.15, -0.1) is 5.10 Å². The van der Waals surface area contributed by atoms with Crippen molar-refractivity contribution in [2.75, 3.05) is 45.2 Å². The minimum Gasteiger partial charge on any atom is -0.407 e. The first-order valence-corrected chi connectivity index (χ1v) is 6.83. The number of hydrogen-bond acceptors (Lipinski definition) is 7. The van der Waals surface area contributed by atoms with E-state index in [0.717, 1.165) is 32.5 Å². The molecule has 1 aliphatic heterocycles. The molecular formula is C12H21N5O3. The second-order valence-electron chi connectivity index (χ2n) is 4.61. The summed E-state index contributed by atoms with van der Waals surface area (Å²) in [6.07, 6.45) is 2.17. The summed E-state index contributed by atoms with van der Waals surface area (Å²) in [5, 5.41) is 13.7. The summed E-state index contributed by atoms with van der Waals surface area (Å²) in [5.74, 6) is 0.553. The summed E-state index contributed by atoms with van der Waals surface area (Å²) in [6.45, 7) is 3.72. The molecule has 0 aliphatic carbocycles. The molecule has 2 heterocycles. The summed E-state index contributed by atoms with van der Waals surface area (Å²) >= 11 is 0. The molecule has 0 spiro atoms. The second-order valence-corrected chi connectivity index (χ2v) is 4.61. The quantitative estimate of drug-likeness (QED) is 0.640. The van der Waals surface area contributed by atoms with Crippen LogP contribution in [-0.4, -0.2) is 60.9 Å². The van der Waals surface area contributed by atoms with Gasteiger partial charge in [0.25, 0.3) is 0 Å². The number of amides is 1. The predicted octanol–water partition coefficient (Wildman–Crippen LogP) is -0.160. The van der Waals surface area contributed by atoms with E-state index >= 15 is 0 Å². The zero-order valence-electron chi connectivity index (χ0n) is 11.7. The van der Waals surface area contributed by atoms with Crippen LogP contribution in [0.1, 0.15) is 18.7 Å². The fourth-order valence-electron chi connectivity index (χ4n) is 2.00. The lowest BCUT2D eigenvalue weighted by molar-refractivity contribution is -0.128. The van der Waals surface area contributed by atoms with Crippen molar-refractivity contribution in [3.8, 4) is 0 Å². The van der Waals surface area contributed by atoms with Gasteiger partial charge in [0.05, 0.1) is 19.7 Å². The first kappa shape index (κ1) is 14.7. The third-order valence-corrected chi connectivity index (χ3v) is 3.08. The lowest BCUT2D eigenvalue weighted by atomic mass is 10.4. The SMILES string of the molecule is COCCNCc1nnc(NCC(=O)N2CCCC2)o1. The lowest BCUT2D eigenvalue weighted by Crippen LogP contribution is -2.33. The molecule has 2 rings (SSSR count).